The molecule has 0 spiro atoms. The van der Waals surface area contributed by atoms with E-state index in [0.29, 0.717) is 5.23 Å². The molecule has 2 amide bonds. The van der Waals surface area contributed by atoms with Crippen LogP contribution in [0.1, 0.15) is 18.5 Å². The molecule has 0 aliphatic carbocycles. The van der Waals surface area contributed by atoms with Gasteiger partial charge in [0.05, 0.1) is 0 Å². The van der Waals surface area contributed by atoms with Crippen LogP contribution in [-0.2, 0) is 38.4 Å². The Balaban J connectivity index is 1.71. The molecular weight excluding hydrogens is 442 g/mol. The molecule has 0 saturated carbocycles. The average molecular weight is 459 g/mol. The number of rotatable bonds is 7. The third-order valence-electron chi connectivity index (χ3n) is 4.04. The number of nitrogen functional groups attached to an aromatic ring is 1. The third kappa shape index (κ3) is 4.31. The maximum Gasteiger partial charge on any atom is 0.375 e. The Morgan fingerprint density at radius 1 is 1.50 bits per heavy atom. The number of cyclic esters (lactones) is 1. The topological polar surface area (TPSA) is 172 Å². The van der Waals surface area contributed by atoms with E-state index in [1.807, 2.05) is 0 Å². The van der Waals surface area contributed by atoms with Crippen molar-refractivity contribution in [2.45, 2.75) is 23.8 Å². The van der Waals surface area contributed by atoms with Crippen LogP contribution in [0.2, 0.25) is 0 Å². The number of hydrogen-bond acceptors (Lipinski definition) is 13. The van der Waals surface area contributed by atoms with E-state index >= 15 is 0 Å². The zero-order chi connectivity index (χ0) is 21.9. The molecule has 2 aliphatic rings. The monoisotopic (exact) mass is 459 g/mol. The van der Waals surface area contributed by atoms with E-state index in [1.165, 1.54) is 12.5 Å². The summed E-state index contributed by atoms with van der Waals surface area (Å²) in [6, 6.07) is 0. The average Bonchev–Trinajstić information content (AvgIpc) is 3.42. The van der Waals surface area contributed by atoms with Crippen LogP contribution in [0.5, 0.6) is 0 Å². The second kappa shape index (κ2) is 8.85. The highest BCUT2D eigenvalue weighted by atomic mass is 32.2. The van der Waals surface area contributed by atoms with Gasteiger partial charge in [-0.1, -0.05) is 5.16 Å². The zero-order valence-corrected chi connectivity index (χ0v) is 17.4. The first-order valence-corrected chi connectivity index (χ1v) is 10.5. The Bertz CT molecular complexity index is 905. The van der Waals surface area contributed by atoms with E-state index in [1.54, 1.807) is 6.26 Å². The predicted octanol–water partition coefficient (Wildman–Crippen LogP) is -0.811. The Labute approximate surface area is 177 Å². The number of aromatic nitrogens is 1. The molecule has 0 aromatic carbocycles. The van der Waals surface area contributed by atoms with E-state index in [-0.39, 0.29) is 36.0 Å². The van der Waals surface area contributed by atoms with Gasteiger partial charge in [0.25, 0.3) is 5.91 Å². The van der Waals surface area contributed by atoms with Gasteiger partial charge in [0.1, 0.15) is 19.4 Å². The lowest BCUT2D eigenvalue weighted by Gasteiger charge is -2.23. The number of oxime groups is 1. The number of anilines is 1. The molecule has 2 aliphatic heterocycles. The number of hydroxylamine groups is 2. The van der Waals surface area contributed by atoms with Crippen molar-refractivity contribution in [3.05, 3.63) is 11.1 Å². The van der Waals surface area contributed by atoms with E-state index < -0.39 is 34.7 Å². The molecule has 2 saturated heterocycles. The van der Waals surface area contributed by atoms with Crippen molar-refractivity contribution in [1.29, 1.82) is 0 Å². The predicted molar refractivity (Wildman–Crippen MR) is 102 cm³/mol. The SMILES string of the molecule is CON=C(C(=O)NC1(SC)CON(OC(=O)C2CCC(=O)O2)C1=O)c1csc(N)n1. The van der Waals surface area contributed by atoms with Crippen molar-refractivity contribution in [3.63, 3.8) is 0 Å². The van der Waals surface area contributed by atoms with E-state index in [9.17, 15) is 19.2 Å². The second-order valence-electron chi connectivity index (χ2n) is 5.94. The Morgan fingerprint density at radius 2 is 2.27 bits per heavy atom. The minimum atomic E-state index is -1.61. The molecule has 0 radical (unpaired) electrons. The van der Waals surface area contributed by atoms with Crippen LogP contribution in [0.15, 0.2) is 10.5 Å². The molecule has 3 heterocycles. The Morgan fingerprint density at radius 3 is 2.83 bits per heavy atom. The van der Waals surface area contributed by atoms with E-state index in [2.05, 4.69) is 15.5 Å². The Hall–Kier alpha value is -2.91. The number of esters is 1. The summed E-state index contributed by atoms with van der Waals surface area (Å²) < 4.78 is 4.79. The number of amides is 2. The van der Waals surface area contributed by atoms with Crippen LogP contribution in [0.25, 0.3) is 0 Å². The normalized spacial score (nSPS) is 24.0. The van der Waals surface area contributed by atoms with Crippen molar-refractivity contribution in [1.82, 2.24) is 15.5 Å². The maximum absolute atomic E-state index is 12.8. The summed E-state index contributed by atoms with van der Waals surface area (Å²) in [5.41, 5.74) is 5.54. The van der Waals surface area contributed by atoms with Crippen molar-refractivity contribution < 1.29 is 38.4 Å². The summed E-state index contributed by atoms with van der Waals surface area (Å²) in [6.07, 6.45) is 0.641. The van der Waals surface area contributed by atoms with Gasteiger partial charge in [-0.2, -0.15) is 0 Å². The highest BCUT2D eigenvalue weighted by Gasteiger charge is 2.53. The summed E-state index contributed by atoms with van der Waals surface area (Å²) in [6.45, 7) is -0.337. The van der Waals surface area contributed by atoms with Crippen LogP contribution in [0.4, 0.5) is 5.13 Å². The third-order valence-corrected chi connectivity index (χ3v) is 5.81. The van der Waals surface area contributed by atoms with Crippen LogP contribution < -0.4 is 11.1 Å². The molecule has 0 bridgehead atoms. The van der Waals surface area contributed by atoms with Crippen LogP contribution in [0.3, 0.4) is 0 Å². The number of thioether (sulfide) groups is 1. The van der Waals surface area contributed by atoms with E-state index in [4.69, 9.17) is 25.0 Å². The highest BCUT2D eigenvalue weighted by molar-refractivity contribution is 8.00. The van der Waals surface area contributed by atoms with Gasteiger partial charge in [-0.05, 0) is 11.5 Å². The van der Waals surface area contributed by atoms with Gasteiger partial charge in [0.15, 0.2) is 15.7 Å². The summed E-state index contributed by atoms with van der Waals surface area (Å²) in [5, 5.41) is 8.24. The van der Waals surface area contributed by atoms with Gasteiger partial charge >= 0.3 is 17.8 Å². The van der Waals surface area contributed by atoms with Gasteiger partial charge in [0, 0.05) is 18.2 Å². The standard InChI is InChI=1S/C15H17N5O8S2/c1-25-19-10(7-5-30-14(16)17-7)11(22)18-15(29-2)6-26-20(13(15)24)28-12(23)8-3-4-9(21)27-8/h5,8H,3-4,6H2,1-2H3,(H2,16,17)(H,18,22). The highest BCUT2D eigenvalue weighted by Crippen LogP contribution is 2.30. The number of thiazole rings is 1. The van der Waals surface area contributed by atoms with Gasteiger partial charge in [0.2, 0.25) is 6.10 Å². The molecule has 13 nitrogen and oxygen atoms in total. The number of ether oxygens (including phenoxy) is 1. The van der Waals surface area contributed by atoms with E-state index in [0.717, 1.165) is 23.1 Å². The quantitative estimate of drug-likeness (QED) is 0.226. The number of carbonyl (C=O) groups excluding carboxylic acids is 4. The molecular formula is C15H17N5O8S2. The first-order chi connectivity index (χ1) is 14.3. The first-order valence-electron chi connectivity index (χ1n) is 8.38. The Kier molecular flexibility index (Phi) is 6.42. The number of hydrogen-bond donors (Lipinski definition) is 2. The van der Waals surface area contributed by atoms with Crippen molar-refractivity contribution in [3.8, 4) is 0 Å². The molecule has 3 N–H and O–H groups in total. The molecule has 2 unspecified atom stereocenters. The number of nitrogens with zero attached hydrogens (tertiary/aromatic N) is 3. The van der Waals surface area contributed by atoms with Gasteiger partial charge in [-0.3, -0.25) is 14.4 Å². The lowest BCUT2D eigenvalue weighted by atomic mass is 10.2. The zero-order valence-electron chi connectivity index (χ0n) is 15.8. The number of nitrogens with one attached hydrogen (secondary N) is 1. The maximum atomic E-state index is 12.8. The van der Waals surface area contributed by atoms with Gasteiger partial charge in [-0.25, -0.2) is 14.6 Å². The molecule has 2 atom stereocenters. The lowest BCUT2D eigenvalue weighted by Crippen LogP contribution is -2.55. The van der Waals surface area contributed by atoms with Gasteiger partial charge in [-0.15, -0.1) is 23.1 Å². The van der Waals surface area contributed by atoms with Gasteiger partial charge < -0.3 is 25.5 Å². The molecule has 30 heavy (non-hydrogen) atoms. The summed E-state index contributed by atoms with van der Waals surface area (Å²) >= 11 is 2.05. The number of carbonyl (C=O) groups is 4. The van der Waals surface area contributed by atoms with Crippen LogP contribution in [-0.4, -0.2) is 70.6 Å². The van der Waals surface area contributed by atoms with Crippen LogP contribution >= 0.6 is 23.1 Å². The molecule has 15 heteroatoms. The number of nitrogens with two attached hydrogens (primary N) is 1. The fraction of sp³-hybridized carbons (Fsp3) is 0.467. The molecule has 3 rings (SSSR count). The van der Waals surface area contributed by atoms with Crippen molar-refractivity contribution in [2.24, 2.45) is 5.16 Å². The minimum absolute atomic E-state index is 0.0715. The largest absolute Gasteiger partial charge is 0.450 e. The summed E-state index contributed by atoms with van der Waals surface area (Å²) in [4.78, 5) is 65.9. The van der Waals surface area contributed by atoms with Crippen molar-refractivity contribution >= 4 is 57.7 Å². The minimum Gasteiger partial charge on any atom is -0.450 e. The fourth-order valence-electron chi connectivity index (χ4n) is 2.54. The van der Waals surface area contributed by atoms with Crippen LogP contribution in [0, 0.1) is 0 Å². The molecule has 1 aromatic rings. The first kappa shape index (κ1) is 21.8. The summed E-state index contributed by atoms with van der Waals surface area (Å²) in [7, 11) is 1.24. The molecule has 162 valence electrons. The van der Waals surface area contributed by atoms with Crippen molar-refractivity contribution in [2.75, 3.05) is 25.7 Å². The smallest absolute Gasteiger partial charge is 0.375 e. The summed E-state index contributed by atoms with van der Waals surface area (Å²) in [5.74, 6) is -3.14. The fourth-order valence-corrected chi connectivity index (χ4v) is 3.70. The molecule has 2 fully saturated rings. The molecule has 1 aromatic heterocycles. The second-order valence-corrected chi connectivity index (χ2v) is 7.94. The lowest BCUT2D eigenvalue weighted by molar-refractivity contribution is -0.306.